The molecular weight excluding hydrogens is 255 g/mol. The van der Waals surface area contributed by atoms with Crippen LogP contribution in [0, 0.1) is 12.7 Å². The quantitative estimate of drug-likeness (QED) is 0.763. The molecule has 100 valence electrons. The lowest BCUT2D eigenvalue weighted by Crippen LogP contribution is -1.90. The molecule has 2 aromatic carbocycles. The molecule has 0 saturated carbocycles. The predicted molar refractivity (Wildman–Crippen MR) is 76.5 cm³/mol. The van der Waals surface area contributed by atoms with Crippen molar-refractivity contribution in [2.75, 3.05) is 5.73 Å². The fraction of sp³-hybridized carbons (Fsp3) is 0.0625. The van der Waals surface area contributed by atoms with Crippen molar-refractivity contribution in [3.05, 3.63) is 59.9 Å². The number of nitrogens with two attached hydrogens (primary N) is 1. The van der Waals surface area contributed by atoms with Crippen molar-refractivity contribution >= 4 is 5.82 Å². The minimum Gasteiger partial charge on any atom is -0.380 e. The molecule has 0 saturated heterocycles. The minimum absolute atomic E-state index is 0.257. The van der Waals surface area contributed by atoms with Gasteiger partial charge >= 0.3 is 0 Å². The van der Waals surface area contributed by atoms with Gasteiger partial charge in [0.25, 0.3) is 0 Å². The topological polar surface area (TPSA) is 52.0 Å². The fourth-order valence-corrected chi connectivity index (χ4v) is 2.18. The molecule has 0 amide bonds. The lowest BCUT2D eigenvalue weighted by atomic mass is 10.00. The van der Waals surface area contributed by atoms with Crippen LogP contribution in [0.3, 0.4) is 0 Å². The van der Waals surface area contributed by atoms with E-state index in [0.717, 1.165) is 11.1 Å². The predicted octanol–water partition coefficient (Wildman–Crippen LogP) is 4.04. The molecule has 0 spiro atoms. The number of aryl methyl sites for hydroxylation is 1. The summed E-state index contributed by atoms with van der Waals surface area (Å²) >= 11 is 0. The number of nitrogen functional groups attached to an aromatic ring is 1. The van der Waals surface area contributed by atoms with Gasteiger partial charge in [-0.25, -0.2) is 4.39 Å². The van der Waals surface area contributed by atoms with Crippen LogP contribution in [0.4, 0.5) is 10.2 Å². The van der Waals surface area contributed by atoms with Gasteiger partial charge in [0.15, 0.2) is 11.6 Å². The first kappa shape index (κ1) is 12.4. The Kier molecular flexibility index (Phi) is 2.99. The van der Waals surface area contributed by atoms with Gasteiger partial charge in [-0.05, 0) is 24.6 Å². The van der Waals surface area contributed by atoms with Crippen LogP contribution in [0.2, 0.25) is 0 Å². The van der Waals surface area contributed by atoms with E-state index in [0.29, 0.717) is 16.9 Å². The molecule has 1 aromatic heterocycles. The number of aromatic nitrogens is 1. The van der Waals surface area contributed by atoms with E-state index in [1.807, 2.05) is 37.3 Å². The normalized spacial score (nSPS) is 10.7. The summed E-state index contributed by atoms with van der Waals surface area (Å²) in [6, 6.07) is 14.3. The SMILES string of the molecule is Cc1ccc(F)c(-c2onc(N)c2-c2ccccc2)c1. The second-order valence-corrected chi connectivity index (χ2v) is 4.62. The molecule has 2 N–H and O–H groups in total. The summed E-state index contributed by atoms with van der Waals surface area (Å²) in [5.41, 5.74) is 8.65. The van der Waals surface area contributed by atoms with Crippen LogP contribution in [0.5, 0.6) is 0 Å². The minimum atomic E-state index is -0.357. The van der Waals surface area contributed by atoms with E-state index in [2.05, 4.69) is 5.16 Å². The number of nitrogens with zero attached hydrogens (tertiary/aromatic N) is 1. The van der Waals surface area contributed by atoms with Crippen LogP contribution in [-0.2, 0) is 0 Å². The van der Waals surface area contributed by atoms with Crippen LogP contribution >= 0.6 is 0 Å². The molecule has 0 atom stereocenters. The monoisotopic (exact) mass is 268 g/mol. The Hall–Kier alpha value is -2.62. The molecule has 20 heavy (non-hydrogen) atoms. The number of benzene rings is 2. The van der Waals surface area contributed by atoms with Gasteiger partial charge in [-0.1, -0.05) is 47.1 Å². The van der Waals surface area contributed by atoms with E-state index in [1.165, 1.54) is 6.07 Å². The Bertz CT molecular complexity index is 750. The molecule has 3 aromatic rings. The molecule has 0 aliphatic carbocycles. The highest BCUT2D eigenvalue weighted by Gasteiger charge is 2.20. The highest BCUT2D eigenvalue weighted by Crippen LogP contribution is 2.37. The molecule has 1 heterocycles. The van der Waals surface area contributed by atoms with E-state index >= 15 is 0 Å². The molecule has 0 fully saturated rings. The zero-order valence-corrected chi connectivity index (χ0v) is 10.9. The summed E-state index contributed by atoms with van der Waals surface area (Å²) in [4.78, 5) is 0. The summed E-state index contributed by atoms with van der Waals surface area (Å²) in [6.07, 6.45) is 0. The van der Waals surface area contributed by atoms with Gasteiger partial charge in [-0.2, -0.15) is 0 Å². The average Bonchev–Trinajstić information content (AvgIpc) is 2.84. The zero-order valence-electron chi connectivity index (χ0n) is 10.9. The molecular formula is C16H13FN2O. The maximum Gasteiger partial charge on any atom is 0.179 e. The molecule has 0 aliphatic rings. The lowest BCUT2D eigenvalue weighted by molar-refractivity contribution is 0.433. The second kappa shape index (κ2) is 4.81. The van der Waals surface area contributed by atoms with Crippen molar-refractivity contribution in [2.45, 2.75) is 6.92 Å². The lowest BCUT2D eigenvalue weighted by Gasteiger charge is -2.05. The van der Waals surface area contributed by atoms with Gasteiger partial charge in [0.05, 0.1) is 11.1 Å². The Morgan fingerprint density at radius 1 is 1.10 bits per heavy atom. The van der Waals surface area contributed by atoms with Crippen molar-refractivity contribution in [2.24, 2.45) is 0 Å². The first-order valence-electron chi connectivity index (χ1n) is 6.24. The molecule has 0 bridgehead atoms. The molecule has 4 heteroatoms. The number of halogens is 1. The van der Waals surface area contributed by atoms with Gasteiger partial charge in [-0.15, -0.1) is 0 Å². The highest BCUT2D eigenvalue weighted by molar-refractivity contribution is 5.86. The van der Waals surface area contributed by atoms with Crippen LogP contribution in [-0.4, -0.2) is 5.16 Å². The highest BCUT2D eigenvalue weighted by atomic mass is 19.1. The summed E-state index contributed by atoms with van der Waals surface area (Å²) in [5.74, 6) is 0.255. The van der Waals surface area contributed by atoms with Gasteiger partial charge in [0.2, 0.25) is 0 Å². The zero-order chi connectivity index (χ0) is 14.1. The summed E-state index contributed by atoms with van der Waals surface area (Å²) in [5, 5.41) is 3.78. The largest absolute Gasteiger partial charge is 0.380 e. The average molecular weight is 268 g/mol. The molecule has 3 nitrogen and oxygen atoms in total. The first-order valence-corrected chi connectivity index (χ1v) is 6.24. The van der Waals surface area contributed by atoms with E-state index in [9.17, 15) is 4.39 Å². The first-order chi connectivity index (χ1) is 9.66. The molecule has 3 rings (SSSR count). The van der Waals surface area contributed by atoms with Gasteiger partial charge in [-0.3, -0.25) is 0 Å². The molecule has 0 unspecified atom stereocenters. The van der Waals surface area contributed by atoms with Crippen molar-refractivity contribution < 1.29 is 8.91 Å². The second-order valence-electron chi connectivity index (χ2n) is 4.62. The maximum absolute atomic E-state index is 14.0. The van der Waals surface area contributed by atoms with Crippen LogP contribution in [0.25, 0.3) is 22.5 Å². The van der Waals surface area contributed by atoms with Gasteiger partial charge < -0.3 is 10.3 Å². The summed E-state index contributed by atoms with van der Waals surface area (Å²) in [7, 11) is 0. The van der Waals surface area contributed by atoms with E-state index in [-0.39, 0.29) is 11.6 Å². The van der Waals surface area contributed by atoms with E-state index < -0.39 is 0 Å². The summed E-state index contributed by atoms with van der Waals surface area (Å²) < 4.78 is 19.3. The fourth-order valence-electron chi connectivity index (χ4n) is 2.18. The van der Waals surface area contributed by atoms with Gasteiger partial charge in [0, 0.05) is 0 Å². The van der Waals surface area contributed by atoms with Crippen molar-refractivity contribution in [1.29, 1.82) is 0 Å². The van der Waals surface area contributed by atoms with Crippen molar-refractivity contribution in [3.8, 4) is 22.5 Å². The molecule has 0 aliphatic heterocycles. The molecule has 0 radical (unpaired) electrons. The van der Waals surface area contributed by atoms with Crippen LogP contribution < -0.4 is 5.73 Å². The Morgan fingerprint density at radius 3 is 2.60 bits per heavy atom. The number of hydrogen-bond donors (Lipinski definition) is 1. The van der Waals surface area contributed by atoms with Gasteiger partial charge in [0.1, 0.15) is 5.82 Å². The third kappa shape index (κ3) is 2.05. The Morgan fingerprint density at radius 2 is 1.85 bits per heavy atom. The smallest absolute Gasteiger partial charge is 0.179 e. The Labute approximate surface area is 115 Å². The third-order valence-electron chi connectivity index (χ3n) is 3.15. The van der Waals surface area contributed by atoms with Crippen molar-refractivity contribution in [1.82, 2.24) is 5.16 Å². The standard InChI is InChI=1S/C16H13FN2O/c1-10-7-8-13(17)12(9-10)15-14(16(18)19-20-15)11-5-3-2-4-6-11/h2-9H,1H3,(H2,18,19). The van der Waals surface area contributed by atoms with Crippen molar-refractivity contribution in [3.63, 3.8) is 0 Å². The van der Waals surface area contributed by atoms with E-state index in [4.69, 9.17) is 10.3 Å². The number of rotatable bonds is 2. The number of anilines is 1. The third-order valence-corrected chi connectivity index (χ3v) is 3.15. The number of hydrogen-bond acceptors (Lipinski definition) is 3. The van der Waals surface area contributed by atoms with Crippen LogP contribution in [0.15, 0.2) is 53.1 Å². The summed E-state index contributed by atoms with van der Waals surface area (Å²) in [6.45, 7) is 1.89. The van der Waals surface area contributed by atoms with Crippen LogP contribution in [0.1, 0.15) is 5.56 Å². The maximum atomic E-state index is 14.0. The van der Waals surface area contributed by atoms with E-state index in [1.54, 1.807) is 12.1 Å². The Balaban J connectivity index is 2.24.